The van der Waals surface area contributed by atoms with E-state index in [1.54, 1.807) is 36.4 Å². The molecule has 1 aliphatic rings. The average molecular weight is 286 g/mol. The molecule has 2 rings (SSSR count). The lowest BCUT2D eigenvalue weighted by Gasteiger charge is -2.16. The Bertz CT molecular complexity index is 707. The van der Waals surface area contributed by atoms with Gasteiger partial charge in [0.05, 0.1) is 6.42 Å². The van der Waals surface area contributed by atoms with Gasteiger partial charge in [-0.2, -0.15) is 20.6 Å². The standard InChI is InChI=1S/C13H8ClN5O/c14-10-3-1-2-8(4-10)13(9(6-15)7-16)19-12(20)5-11(17)18-19/h1-4H,5H2,(H2,17,18). The number of nitrogens with two attached hydrogens (primary N) is 1. The third-order valence-electron chi connectivity index (χ3n) is 2.57. The van der Waals surface area contributed by atoms with Gasteiger partial charge >= 0.3 is 0 Å². The molecule has 1 aliphatic heterocycles. The van der Waals surface area contributed by atoms with Crippen LogP contribution in [0.2, 0.25) is 5.02 Å². The number of carbonyl (C=O) groups excluding carboxylic acids is 1. The van der Waals surface area contributed by atoms with Gasteiger partial charge in [-0.05, 0) is 12.1 Å². The van der Waals surface area contributed by atoms with Gasteiger partial charge in [0.2, 0.25) is 0 Å². The van der Waals surface area contributed by atoms with E-state index in [1.165, 1.54) is 0 Å². The Morgan fingerprint density at radius 3 is 2.60 bits per heavy atom. The van der Waals surface area contributed by atoms with Gasteiger partial charge in [-0.25, -0.2) is 0 Å². The third-order valence-corrected chi connectivity index (χ3v) is 2.80. The van der Waals surface area contributed by atoms with E-state index in [4.69, 9.17) is 27.9 Å². The van der Waals surface area contributed by atoms with Crippen molar-refractivity contribution in [3.63, 3.8) is 0 Å². The molecular formula is C13H8ClN5O. The van der Waals surface area contributed by atoms with Crippen molar-refractivity contribution >= 4 is 29.0 Å². The highest BCUT2D eigenvalue weighted by Gasteiger charge is 2.29. The molecule has 0 aromatic heterocycles. The summed E-state index contributed by atoms with van der Waals surface area (Å²) in [6.45, 7) is 0. The smallest absolute Gasteiger partial charge is 0.255 e. The summed E-state index contributed by atoms with van der Waals surface area (Å²) in [7, 11) is 0. The van der Waals surface area contributed by atoms with Gasteiger partial charge < -0.3 is 5.73 Å². The number of hydrogen-bond donors (Lipinski definition) is 1. The second-order valence-electron chi connectivity index (χ2n) is 3.93. The normalized spacial score (nSPS) is 13.4. The Morgan fingerprint density at radius 2 is 2.10 bits per heavy atom. The molecule has 0 aliphatic carbocycles. The van der Waals surface area contributed by atoms with E-state index in [1.807, 2.05) is 0 Å². The number of hydrogen-bond acceptors (Lipinski definition) is 5. The predicted octanol–water partition coefficient (Wildman–Crippen LogP) is 1.60. The first-order valence-corrected chi connectivity index (χ1v) is 5.91. The first-order valence-electron chi connectivity index (χ1n) is 5.53. The fraction of sp³-hybridized carbons (Fsp3) is 0.0769. The largest absolute Gasteiger partial charge is 0.385 e. The number of allylic oxidation sites excluding steroid dienone is 1. The molecule has 6 nitrogen and oxygen atoms in total. The molecule has 0 saturated carbocycles. The Labute approximate surface area is 120 Å². The molecule has 2 N–H and O–H groups in total. The van der Waals surface area contributed by atoms with Crippen LogP contribution in [0.15, 0.2) is 34.9 Å². The monoisotopic (exact) mass is 285 g/mol. The van der Waals surface area contributed by atoms with Crippen molar-refractivity contribution in [2.45, 2.75) is 6.42 Å². The topological polar surface area (TPSA) is 106 Å². The van der Waals surface area contributed by atoms with Crippen molar-refractivity contribution < 1.29 is 4.79 Å². The van der Waals surface area contributed by atoms with Gasteiger partial charge in [0, 0.05) is 10.6 Å². The van der Waals surface area contributed by atoms with Crippen molar-refractivity contribution in [1.29, 1.82) is 10.5 Å². The molecular weight excluding hydrogens is 278 g/mol. The van der Waals surface area contributed by atoms with E-state index in [-0.39, 0.29) is 23.5 Å². The number of benzene rings is 1. The molecule has 1 amide bonds. The minimum absolute atomic E-state index is 0.0474. The highest BCUT2D eigenvalue weighted by Crippen LogP contribution is 2.28. The lowest BCUT2D eigenvalue weighted by Crippen LogP contribution is -2.20. The lowest BCUT2D eigenvalue weighted by molar-refractivity contribution is -0.125. The molecule has 1 aromatic rings. The minimum atomic E-state index is -0.402. The second kappa shape index (κ2) is 5.43. The van der Waals surface area contributed by atoms with E-state index in [9.17, 15) is 4.79 Å². The second-order valence-corrected chi connectivity index (χ2v) is 4.37. The minimum Gasteiger partial charge on any atom is -0.385 e. The van der Waals surface area contributed by atoms with Crippen LogP contribution in [-0.4, -0.2) is 16.8 Å². The summed E-state index contributed by atoms with van der Waals surface area (Å²) in [4.78, 5) is 11.9. The molecule has 0 radical (unpaired) electrons. The van der Waals surface area contributed by atoms with Crippen molar-refractivity contribution in [2.75, 3.05) is 0 Å². The molecule has 7 heteroatoms. The highest BCUT2D eigenvalue weighted by molar-refractivity contribution is 6.30. The maximum absolute atomic E-state index is 11.9. The van der Waals surface area contributed by atoms with E-state index in [0.29, 0.717) is 10.6 Å². The van der Waals surface area contributed by atoms with E-state index >= 15 is 0 Å². The first-order chi connectivity index (χ1) is 9.56. The molecule has 0 fully saturated rings. The first kappa shape index (κ1) is 13.6. The Balaban J connectivity index is 2.65. The number of carbonyl (C=O) groups is 1. The molecule has 0 bridgehead atoms. The predicted molar refractivity (Wildman–Crippen MR) is 72.7 cm³/mol. The zero-order valence-corrected chi connectivity index (χ0v) is 10.9. The van der Waals surface area contributed by atoms with Crippen LogP contribution in [0, 0.1) is 22.7 Å². The highest BCUT2D eigenvalue weighted by atomic mass is 35.5. The van der Waals surface area contributed by atoms with Gasteiger partial charge in [-0.3, -0.25) is 4.79 Å². The quantitative estimate of drug-likeness (QED) is 0.833. The van der Waals surface area contributed by atoms with Gasteiger partial charge in [0.25, 0.3) is 5.91 Å². The van der Waals surface area contributed by atoms with Crippen LogP contribution in [0.5, 0.6) is 0 Å². The summed E-state index contributed by atoms with van der Waals surface area (Å²) >= 11 is 5.90. The lowest BCUT2D eigenvalue weighted by atomic mass is 10.1. The summed E-state index contributed by atoms with van der Waals surface area (Å²) in [6, 6.07) is 9.98. The van der Waals surface area contributed by atoms with Gasteiger partial charge in [-0.15, -0.1) is 0 Å². The molecule has 0 atom stereocenters. The summed E-state index contributed by atoms with van der Waals surface area (Å²) in [5.41, 5.74) is 5.81. The van der Waals surface area contributed by atoms with E-state index < -0.39 is 5.91 Å². The van der Waals surface area contributed by atoms with Gasteiger partial charge in [-0.1, -0.05) is 23.7 Å². The zero-order valence-electron chi connectivity index (χ0n) is 10.2. The van der Waals surface area contributed by atoms with Gasteiger partial charge in [0.15, 0.2) is 5.57 Å². The molecule has 0 saturated heterocycles. The Hall–Kier alpha value is -2.83. The summed E-state index contributed by atoms with van der Waals surface area (Å²) < 4.78 is 0. The maximum atomic E-state index is 11.9. The van der Waals surface area contributed by atoms with Crippen LogP contribution < -0.4 is 5.73 Å². The fourth-order valence-corrected chi connectivity index (χ4v) is 1.95. The summed E-state index contributed by atoms with van der Waals surface area (Å²) in [5.74, 6) is -0.273. The molecule has 0 spiro atoms. The van der Waals surface area contributed by atoms with Crippen molar-refractivity contribution in [3.05, 3.63) is 40.4 Å². The number of hydrazone groups is 1. The summed E-state index contributed by atoms with van der Waals surface area (Å²) in [5, 5.41) is 23.4. The third kappa shape index (κ3) is 2.46. The van der Waals surface area contributed by atoms with Crippen LogP contribution in [0.25, 0.3) is 5.70 Å². The molecule has 98 valence electrons. The van der Waals surface area contributed by atoms with Crippen LogP contribution in [-0.2, 0) is 4.79 Å². The van der Waals surface area contributed by atoms with Crippen LogP contribution in [0.3, 0.4) is 0 Å². The van der Waals surface area contributed by atoms with Crippen LogP contribution >= 0.6 is 11.6 Å². The number of amides is 1. The number of rotatable bonds is 2. The Kier molecular flexibility index (Phi) is 3.69. The fourth-order valence-electron chi connectivity index (χ4n) is 1.76. The zero-order chi connectivity index (χ0) is 14.7. The van der Waals surface area contributed by atoms with E-state index in [2.05, 4.69) is 5.10 Å². The van der Waals surface area contributed by atoms with Gasteiger partial charge in [0.1, 0.15) is 23.7 Å². The SMILES string of the molecule is N#CC(C#N)=C(c1cccc(Cl)c1)N1N=C(N)CC1=O. The van der Waals surface area contributed by atoms with Crippen molar-refractivity contribution in [3.8, 4) is 12.1 Å². The van der Waals surface area contributed by atoms with E-state index in [0.717, 1.165) is 5.01 Å². The molecule has 1 aromatic carbocycles. The van der Waals surface area contributed by atoms with Crippen LogP contribution in [0.4, 0.5) is 0 Å². The molecule has 0 unspecified atom stereocenters. The Morgan fingerprint density at radius 1 is 1.40 bits per heavy atom. The van der Waals surface area contributed by atoms with Crippen molar-refractivity contribution in [1.82, 2.24) is 5.01 Å². The van der Waals surface area contributed by atoms with Crippen LogP contribution in [0.1, 0.15) is 12.0 Å². The number of nitriles is 2. The number of nitrogens with zero attached hydrogens (tertiary/aromatic N) is 4. The number of amidine groups is 1. The number of halogens is 1. The molecule has 1 heterocycles. The van der Waals surface area contributed by atoms with Crippen molar-refractivity contribution in [2.24, 2.45) is 10.8 Å². The summed E-state index contributed by atoms with van der Waals surface area (Å²) in [6.07, 6.45) is -0.0474. The maximum Gasteiger partial charge on any atom is 0.255 e. The average Bonchev–Trinajstić information content (AvgIpc) is 2.74. The molecule has 20 heavy (non-hydrogen) atoms.